The first kappa shape index (κ1) is 24.0. The van der Waals surface area contributed by atoms with Crippen molar-refractivity contribution in [2.45, 2.75) is 46.1 Å². The van der Waals surface area contributed by atoms with Crippen LogP contribution in [0.5, 0.6) is 0 Å². The predicted octanol–water partition coefficient (Wildman–Crippen LogP) is 3.48. The van der Waals surface area contributed by atoms with E-state index in [0.717, 1.165) is 25.6 Å². The molecule has 1 heterocycles. The van der Waals surface area contributed by atoms with Gasteiger partial charge < -0.3 is 20.4 Å². The Morgan fingerprint density at radius 3 is 2.52 bits per heavy atom. The number of anilines is 1. The molecule has 5 nitrogen and oxygen atoms in total. The molecule has 1 fully saturated rings. The van der Waals surface area contributed by atoms with Crippen LogP contribution in [-0.2, 0) is 0 Å². The van der Waals surface area contributed by atoms with E-state index in [1.165, 1.54) is 50.1 Å². The van der Waals surface area contributed by atoms with E-state index in [-0.39, 0.29) is 24.0 Å². The van der Waals surface area contributed by atoms with Gasteiger partial charge in [-0.15, -0.1) is 24.0 Å². The Bertz CT molecular complexity index is 555. The van der Waals surface area contributed by atoms with Gasteiger partial charge in [-0.25, -0.2) is 0 Å². The van der Waals surface area contributed by atoms with Crippen LogP contribution in [0.4, 0.5) is 5.69 Å². The molecule has 27 heavy (non-hydrogen) atoms. The number of nitrogens with one attached hydrogen (secondary N) is 2. The average molecular weight is 487 g/mol. The van der Waals surface area contributed by atoms with Crippen molar-refractivity contribution in [3.05, 3.63) is 29.8 Å². The fourth-order valence-electron chi connectivity index (χ4n) is 3.68. The first-order valence-corrected chi connectivity index (χ1v) is 10.2. The van der Waals surface area contributed by atoms with Crippen molar-refractivity contribution < 1.29 is 0 Å². The molecule has 0 saturated carbocycles. The van der Waals surface area contributed by atoms with Crippen LogP contribution in [0.15, 0.2) is 29.3 Å². The molecule has 0 radical (unpaired) electrons. The van der Waals surface area contributed by atoms with E-state index in [0.29, 0.717) is 6.04 Å². The minimum atomic E-state index is 0. The number of benzene rings is 1. The van der Waals surface area contributed by atoms with Crippen LogP contribution in [-0.4, -0.2) is 63.2 Å². The minimum Gasteiger partial charge on any atom is -0.370 e. The second-order valence-electron chi connectivity index (χ2n) is 7.13. The van der Waals surface area contributed by atoms with E-state index in [2.05, 4.69) is 70.5 Å². The number of guanidine groups is 1. The topological polar surface area (TPSA) is 42.9 Å². The molecule has 1 aromatic carbocycles. The predicted molar refractivity (Wildman–Crippen MR) is 129 cm³/mol. The highest BCUT2D eigenvalue weighted by atomic mass is 127. The van der Waals surface area contributed by atoms with Crippen LogP contribution in [0.25, 0.3) is 0 Å². The lowest BCUT2D eigenvalue weighted by Crippen LogP contribution is -2.49. The van der Waals surface area contributed by atoms with Gasteiger partial charge in [0.15, 0.2) is 5.96 Å². The van der Waals surface area contributed by atoms with Gasteiger partial charge in [0, 0.05) is 51.5 Å². The number of aliphatic imine (C=N–C) groups is 1. The fourth-order valence-corrected chi connectivity index (χ4v) is 3.68. The fraction of sp³-hybridized carbons (Fsp3) is 0.667. The van der Waals surface area contributed by atoms with Crippen molar-refractivity contribution in [1.82, 2.24) is 15.5 Å². The summed E-state index contributed by atoms with van der Waals surface area (Å²) in [6.45, 7) is 13.1. The molecule has 1 aliphatic rings. The van der Waals surface area contributed by atoms with Crippen LogP contribution >= 0.6 is 24.0 Å². The number of hydrogen-bond acceptors (Lipinski definition) is 3. The molecule has 0 bridgehead atoms. The summed E-state index contributed by atoms with van der Waals surface area (Å²) >= 11 is 0. The number of halogens is 1. The molecule has 0 aromatic heterocycles. The third kappa shape index (κ3) is 7.86. The smallest absolute Gasteiger partial charge is 0.191 e. The molecule has 2 N–H and O–H groups in total. The summed E-state index contributed by atoms with van der Waals surface area (Å²) in [5.74, 6) is 0.930. The van der Waals surface area contributed by atoms with Gasteiger partial charge in [-0.1, -0.05) is 25.1 Å². The molecular formula is C21H38IN5. The van der Waals surface area contributed by atoms with Crippen molar-refractivity contribution >= 4 is 35.6 Å². The summed E-state index contributed by atoms with van der Waals surface area (Å²) in [6, 6.07) is 9.13. The van der Waals surface area contributed by atoms with Gasteiger partial charge in [0.05, 0.1) is 0 Å². The number of nitrogens with zero attached hydrogens (tertiary/aromatic N) is 3. The maximum Gasteiger partial charge on any atom is 0.191 e. The van der Waals surface area contributed by atoms with Gasteiger partial charge in [0.2, 0.25) is 0 Å². The van der Waals surface area contributed by atoms with E-state index >= 15 is 0 Å². The first-order valence-electron chi connectivity index (χ1n) is 10.2. The standard InChI is InChI=1S/C21H37N5.HI/c1-5-14-25-15-11-19(12-16-25)24-21(22-4)23-13-17-26(6-2)20-10-8-7-9-18(20)3;/h7-10,19H,5-6,11-17H2,1-4H3,(H2,22,23,24);1H. The Morgan fingerprint density at radius 1 is 1.22 bits per heavy atom. The zero-order valence-corrected chi connectivity index (χ0v) is 19.8. The summed E-state index contributed by atoms with van der Waals surface area (Å²) in [5, 5.41) is 7.10. The first-order chi connectivity index (χ1) is 12.7. The van der Waals surface area contributed by atoms with Crippen molar-refractivity contribution in [1.29, 1.82) is 0 Å². The van der Waals surface area contributed by atoms with Crippen LogP contribution < -0.4 is 15.5 Å². The lowest BCUT2D eigenvalue weighted by Gasteiger charge is -2.33. The maximum atomic E-state index is 4.41. The highest BCUT2D eigenvalue weighted by Crippen LogP contribution is 2.18. The maximum absolute atomic E-state index is 4.41. The van der Waals surface area contributed by atoms with Gasteiger partial charge in [0.25, 0.3) is 0 Å². The molecular weight excluding hydrogens is 449 g/mol. The zero-order valence-electron chi connectivity index (χ0n) is 17.5. The molecule has 1 aromatic rings. The molecule has 0 amide bonds. The Morgan fingerprint density at radius 2 is 1.93 bits per heavy atom. The van der Waals surface area contributed by atoms with Gasteiger partial charge in [-0.2, -0.15) is 0 Å². The molecule has 2 rings (SSSR count). The second kappa shape index (κ2) is 13.2. The number of aryl methyl sites for hydroxylation is 1. The lowest BCUT2D eigenvalue weighted by atomic mass is 10.1. The summed E-state index contributed by atoms with van der Waals surface area (Å²) in [7, 11) is 1.86. The number of likely N-dealkylation sites (tertiary alicyclic amines) is 1. The number of para-hydroxylation sites is 1. The molecule has 0 atom stereocenters. The quantitative estimate of drug-likeness (QED) is 0.335. The van der Waals surface area contributed by atoms with E-state index in [9.17, 15) is 0 Å². The van der Waals surface area contributed by atoms with E-state index in [1.54, 1.807) is 0 Å². The van der Waals surface area contributed by atoms with Crippen LogP contribution in [0.3, 0.4) is 0 Å². The van der Waals surface area contributed by atoms with Crippen molar-refractivity contribution in [3.8, 4) is 0 Å². The SMILES string of the molecule is CCCN1CCC(NC(=NC)NCCN(CC)c2ccccc2C)CC1.I. The summed E-state index contributed by atoms with van der Waals surface area (Å²) < 4.78 is 0. The molecule has 0 spiro atoms. The zero-order chi connectivity index (χ0) is 18.8. The van der Waals surface area contributed by atoms with Crippen LogP contribution in [0, 0.1) is 6.92 Å². The molecule has 1 saturated heterocycles. The third-order valence-corrected chi connectivity index (χ3v) is 5.20. The number of rotatable bonds is 8. The molecule has 0 unspecified atom stereocenters. The van der Waals surface area contributed by atoms with E-state index < -0.39 is 0 Å². The number of piperidine rings is 1. The second-order valence-corrected chi connectivity index (χ2v) is 7.13. The van der Waals surface area contributed by atoms with Crippen LogP contribution in [0.2, 0.25) is 0 Å². The normalized spacial score (nSPS) is 15.9. The Labute approximate surface area is 183 Å². The van der Waals surface area contributed by atoms with Gasteiger partial charge >= 0.3 is 0 Å². The highest BCUT2D eigenvalue weighted by molar-refractivity contribution is 14.0. The van der Waals surface area contributed by atoms with Gasteiger partial charge in [0.1, 0.15) is 0 Å². The minimum absolute atomic E-state index is 0. The molecule has 6 heteroatoms. The third-order valence-electron chi connectivity index (χ3n) is 5.20. The Kier molecular flexibility index (Phi) is 11.7. The Hall–Kier alpha value is -1.02. The van der Waals surface area contributed by atoms with Crippen molar-refractivity contribution in [2.75, 3.05) is 51.2 Å². The highest BCUT2D eigenvalue weighted by Gasteiger charge is 2.19. The van der Waals surface area contributed by atoms with Crippen LogP contribution in [0.1, 0.15) is 38.7 Å². The van der Waals surface area contributed by atoms with Gasteiger partial charge in [-0.3, -0.25) is 4.99 Å². The average Bonchev–Trinajstić information content (AvgIpc) is 2.67. The number of likely N-dealkylation sites (N-methyl/N-ethyl adjacent to an activating group) is 1. The largest absolute Gasteiger partial charge is 0.370 e. The molecule has 0 aliphatic carbocycles. The van der Waals surface area contributed by atoms with Gasteiger partial charge in [-0.05, 0) is 51.3 Å². The summed E-state index contributed by atoms with van der Waals surface area (Å²) in [4.78, 5) is 9.39. The van der Waals surface area contributed by atoms with Crippen molar-refractivity contribution in [2.24, 2.45) is 4.99 Å². The summed E-state index contributed by atoms with van der Waals surface area (Å²) in [5.41, 5.74) is 2.65. The van der Waals surface area contributed by atoms with Crippen molar-refractivity contribution in [3.63, 3.8) is 0 Å². The van der Waals surface area contributed by atoms with E-state index in [4.69, 9.17) is 0 Å². The number of hydrogen-bond donors (Lipinski definition) is 2. The van der Waals surface area contributed by atoms with E-state index in [1.807, 2.05) is 7.05 Å². The molecule has 1 aliphatic heterocycles. The summed E-state index contributed by atoms with van der Waals surface area (Å²) in [6.07, 6.45) is 3.64. The Balaban J connectivity index is 0.00000364. The lowest BCUT2D eigenvalue weighted by molar-refractivity contribution is 0.206. The molecule has 154 valence electrons. The monoisotopic (exact) mass is 487 g/mol.